The highest BCUT2D eigenvalue weighted by molar-refractivity contribution is 7.17. The number of hydrogen-bond acceptors (Lipinski definition) is 3. The summed E-state index contributed by atoms with van der Waals surface area (Å²) in [5.74, 6) is 0.0391. The lowest BCUT2D eigenvalue weighted by Crippen LogP contribution is -2.27. The number of carbonyl (C=O) groups excluding carboxylic acids is 2. The minimum absolute atomic E-state index is 0.201. The van der Waals surface area contributed by atoms with Gasteiger partial charge in [-0.15, -0.1) is 11.3 Å². The number of carbonyl (C=O) groups is 2. The van der Waals surface area contributed by atoms with Crippen molar-refractivity contribution in [3.8, 4) is 0 Å². The Bertz CT molecular complexity index is 886. The predicted molar refractivity (Wildman–Crippen MR) is 112 cm³/mol. The van der Waals surface area contributed by atoms with Crippen molar-refractivity contribution >= 4 is 45.6 Å². The number of hydrogen-bond donors (Lipinski definition) is 3. The van der Waals surface area contributed by atoms with Crippen LogP contribution in [0.4, 0.5) is 15.5 Å². The van der Waals surface area contributed by atoms with E-state index in [-0.39, 0.29) is 5.41 Å². The molecule has 1 aromatic heterocycles. The summed E-state index contributed by atoms with van der Waals surface area (Å²) in [5.41, 5.74) is 7.85. The van der Waals surface area contributed by atoms with E-state index in [1.807, 2.05) is 0 Å². The molecule has 0 saturated carbocycles. The van der Waals surface area contributed by atoms with Crippen LogP contribution in [0.3, 0.4) is 0 Å². The molecule has 144 valence electrons. The zero-order valence-electron chi connectivity index (χ0n) is 15.7. The van der Waals surface area contributed by atoms with E-state index in [9.17, 15) is 9.59 Å². The minimum Gasteiger partial charge on any atom is -0.365 e. The number of fused-ring (bicyclic) bond motifs is 1. The summed E-state index contributed by atoms with van der Waals surface area (Å²) in [4.78, 5) is 25.6. The maximum atomic E-state index is 12.4. The third kappa shape index (κ3) is 4.45. The van der Waals surface area contributed by atoms with E-state index in [1.165, 1.54) is 11.3 Å². The highest BCUT2D eigenvalue weighted by Crippen LogP contribution is 2.44. The van der Waals surface area contributed by atoms with Crippen LogP contribution >= 0.6 is 22.9 Å². The predicted octanol–water partition coefficient (Wildman–Crippen LogP) is 5.30. The molecule has 1 atom stereocenters. The van der Waals surface area contributed by atoms with Crippen LogP contribution in [0, 0.1) is 11.3 Å². The number of nitrogens with one attached hydrogen (secondary N) is 2. The Morgan fingerprint density at radius 1 is 1.26 bits per heavy atom. The molecule has 1 heterocycles. The third-order valence-corrected chi connectivity index (χ3v) is 6.45. The largest absolute Gasteiger partial charge is 0.365 e. The van der Waals surface area contributed by atoms with Crippen LogP contribution in [-0.4, -0.2) is 11.9 Å². The molecule has 3 rings (SSSR count). The number of amides is 3. The van der Waals surface area contributed by atoms with Crippen LogP contribution in [0.25, 0.3) is 0 Å². The first-order valence-electron chi connectivity index (χ1n) is 8.93. The molecule has 1 aliphatic carbocycles. The van der Waals surface area contributed by atoms with Crippen LogP contribution in [0.15, 0.2) is 24.3 Å². The van der Waals surface area contributed by atoms with E-state index >= 15 is 0 Å². The van der Waals surface area contributed by atoms with E-state index in [1.54, 1.807) is 24.3 Å². The topological polar surface area (TPSA) is 84.2 Å². The van der Waals surface area contributed by atoms with Gasteiger partial charge in [-0.3, -0.25) is 10.1 Å². The summed E-state index contributed by atoms with van der Waals surface area (Å²) in [5, 5.41) is 6.57. The molecular formula is C20H24ClN3O2S. The molecule has 2 aromatic rings. The van der Waals surface area contributed by atoms with Crippen LogP contribution in [0.5, 0.6) is 0 Å². The van der Waals surface area contributed by atoms with Crippen molar-refractivity contribution in [1.82, 2.24) is 0 Å². The summed E-state index contributed by atoms with van der Waals surface area (Å²) < 4.78 is 0. The molecular weight excluding hydrogens is 382 g/mol. The van der Waals surface area contributed by atoms with Gasteiger partial charge in [0.2, 0.25) is 0 Å². The van der Waals surface area contributed by atoms with Gasteiger partial charge in [0.15, 0.2) is 0 Å². The molecule has 4 N–H and O–H groups in total. The number of benzene rings is 1. The van der Waals surface area contributed by atoms with Crippen molar-refractivity contribution in [1.29, 1.82) is 0 Å². The number of rotatable bonds is 3. The smallest absolute Gasteiger partial charge is 0.324 e. The fourth-order valence-electron chi connectivity index (χ4n) is 3.51. The highest BCUT2D eigenvalue weighted by atomic mass is 35.5. The Hall–Kier alpha value is -2.05. The van der Waals surface area contributed by atoms with Crippen molar-refractivity contribution in [3.63, 3.8) is 0 Å². The highest BCUT2D eigenvalue weighted by Gasteiger charge is 2.33. The standard InChI is InChI=1S/C20H24ClN3O2S/c1-20(2,3)11-7-8-14-15(9-11)27-18(16(14)17(22)25)24-19(26)23-13-6-4-5-12(21)10-13/h4-6,10-11H,7-9H2,1-3H3,(H2,22,25)(H2,23,24,26). The Balaban J connectivity index is 1.82. The summed E-state index contributed by atoms with van der Waals surface area (Å²) in [6, 6.07) is 6.46. The van der Waals surface area contributed by atoms with Crippen molar-refractivity contribution in [2.24, 2.45) is 17.1 Å². The average molecular weight is 406 g/mol. The number of primary amides is 1. The van der Waals surface area contributed by atoms with Crippen molar-refractivity contribution in [2.45, 2.75) is 40.0 Å². The maximum absolute atomic E-state index is 12.4. The van der Waals surface area contributed by atoms with Crippen LogP contribution in [0.2, 0.25) is 5.02 Å². The van der Waals surface area contributed by atoms with Gasteiger partial charge >= 0.3 is 6.03 Å². The van der Waals surface area contributed by atoms with Gasteiger partial charge in [-0.25, -0.2) is 4.79 Å². The molecule has 1 unspecified atom stereocenters. The maximum Gasteiger partial charge on any atom is 0.324 e. The van der Waals surface area contributed by atoms with Gasteiger partial charge in [0.05, 0.1) is 5.56 Å². The number of urea groups is 1. The Morgan fingerprint density at radius 3 is 2.63 bits per heavy atom. The van der Waals surface area contributed by atoms with Crippen molar-refractivity contribution in [3.05, 3.63) is 45.3 Å². The molecule has 0 spiro atoms. The van der Waals surface area contributed by atoms with Crippen LogP contribution < -0.4 is 16.4 Å². The van der Waals surface area contributed by atoms with Gasteiger partial charge in [0.1, 0.15) is 5.00 Å². The van der Waals surface area contributed by atoms with E-state index in [4.69, 9.17) is 17.3 Å². The quantitative estimate of drug-likeness (QED) is 0.647. The molecule has 1 aromatic carbocycles. The Kier molecular flexibility index (Phi) is 5.49. The molecule has 0 radical (unpaired) electrons. The van der Waals surface area contributed by atoms with E-state index < -0.39 is 11.9 Å². The van der Waals surface area contributed by atoms with Gasteiger partial charge in [-0.05, 0) is 54.4 Å². The molecule has 27 heavy (non-hydrogen) atoms. The monoisotopic (exact) mass is 405 g/mol. The van der Waals surface area contributed by atoms with Gasteiger partial charge < -0.3 is 11.1 Å². The second-order valence-corrected chi connectivity index (χ2v) is 9.51. The van der Waals surface area contributed by atoms with E-state index in [0.717, 1.165) is 29.7 Å². The SMILES string of the molecule is CC(C)(C)C1CCc2c(sc(NC(=O)Nc3cccc(Cl)c3)c2C(N)=O)C1. The average Bonchev–Trinajstić information content (AvgIpc) is 2.90. The lowest BCUT2D eigenvalue weighted by molar-refractivity contribution is 0.1000. The number of halogens is 1. The molecule has 0 fully saturated rings. The lowest BCUT2D eigenvalue weighted by Gasteiger charge is -2.33. The fourth-order valence-corrected chi connectivity index (χ4v) is 5.02. The molecule has 0 aliphatic heterocycles. The first kappa shape index (κ1) is 19.7. The van der Waals surface area contributed by atoms with Gasteiger partial charge in [-0.1, -0.05) is 38.4 Å². The van der Waals surface area contributed by atoms with E-state index in [0.29, 0.717) is 27.2 Å². The molecule has 5 nitrogen and oxygen atoms in total. The fraction of sp³-hybridized carbons (Fsp3) is 0.400. The van der Waals surface area contributed by atoms with Crippen LogP contribution in [0.1, 0.15) is 48.0 Å². The van der Waals surface area contributed by atoms with E-state index in [2.05, 4.69) is 31.4 Å². The Morgan fingerprint density at radius 2 is 2.00 bits per heavy atom. The van der Waals surface area contributed by atoms with Gasteiger partial charge in [0, 0.05) is 15.6 Å². The number of anilines is 2. The zero-order chi connectivity index (χ0) is 19.8. The van der Waals surface area contributed by atoms with Crippen molar-refractivity contribution < 1.29 is 9.59 Å². The third-order valence-electron chi connectivity index (χ3n) is 5.05. The first-order valence-corrected chi connectivity index (χ1v) is 10.1. The molecule has 7 heteroatoms. The lowest BCUT2D eigenvalue weighted by atomic mass is 9.72. The summed E-state index contributed by atoms with van der Waals surface area (Å²) in [6.07, 6.45) is 2.73. The Labute approximate surface area is 168 Å². The molecule has 0 saturated heterocycles. The second-order valence-electron chi connectivity index (χ2n) is 7.97. The second kappa shape index (κ2) is 7.52. The van der Waals surface area contributed by atoms with Gasteiger partial charge in [-0.2, -0.15) is 0 Å². The summed E-state index contributed by atoms with van der Waals surface area (Å²) in [6.45, 7) is 6.72. The molecule has 0 bridgehead atoms. The summed E-state index contributed by atoms with van der Waals surface area (Å²) >= 11 is 7.40. The molecule has 3 amide bonds. The number of thiophene rings is 1. The zero-order valence-corrected chi connectivity index (χ0v) is 17.3. The van der Waals surface area contributed by atoms with Crippen molar-refractivity contribution in [2.75, 3.05) is 10.6 Å². The first-order chi connectivity index (χ1) is 12.6. The summed E-state index contributed by atoms with van der Waals surface area (Å²) in [7, 11) is 0. The van der Waals surface area contributed by atoms with Gasteiger partial charge in [0.25, 0.3) is 5.91 Å². The normalized spacial score (nSPS) is 16.5. The minimum atomic E-state index is -0.500. The number of nitrogens with two attached hydrogens (primary N) is 1. The van der Waals surface area contributed by atoms with Crippen LogP contribution in [-0.2, 0) is 12.8 Å². The molecule has 1 aliphatic rings.